The molecule has 120 valence electrons. The van der Waals surface area contributed by atoms with Gasteiger partial charge in [0.25, 0.3) is 0 Å². The van der Waals surface area contributed by atoms with E-state index in [2.05, 4.69) is 5.32 Å². The van der Waals surface area contributed by atoms with E-state index in [0.29, 0.717) is 23.9 Å². The number of carbonyl (C=O) groups excluding carboxylic acids is 1. The van der Waals surface area contributed by atoms with E-state index in [0.717, 1.165) is 17.4 Å². The minimum absolute atomic E-state index is 0.0507. The van der Waals surface area contributed by atoms with Crippen LogP contribution in [0.25, 0.3) is 11.0 Å². The largest absolute Gasteiger partial charge is 0.459 e. The minimum atomic E-state index is -0.267. The topological polar surface area (TPSA) is 65.7 Å². The number of amides is 2. The maximum absolute atomic E-state index is 12.2. The number of urea groups is 1. The summed E-state index contributed by atoms with van der Waals surface area (Å²) in [5, 5.41) is 13.5. The number of benzene rings is 1. The van der Waals surface area contributed by atoms with Gasteiger partial charge in [0.2, 0.25) is 0 Å². The van der Waals surface area contributed by atoms with E-state index in [-0.39, 0.29) is 18.7 Å². The van der Waals surface area contributed by atoms with Crippen LogP contribution in [-0.4, -0.2) is 35.7 Å². The Morgan fingerprint density at radius 3 is 2.86 bits per heavy atom. The molecule has 1 aromatic carbocycles. The summed E-state index contributed by atoms with van der Waals surface area (Å²) < 4.78 is 5.74. The van der Waals surface area contributed by atoms with Gasteiger partial charge in [-0.1, -0.05) is 18.5 Å². The first kappa shape index (κ1) is 16.6. The smallest absolute Gasteiger partial charge is 0.318 e. The maximum Gasteiger partial charge on any atom is 0.318 e. The predicted octanol–water partition coefficient (Wildman–Crippen LogP) is 3.56. The summed E-state index contributed by atoms with van der Waals surface area (Å²) >= 11 is 5.96. The number of furan rings is 1. The molecule has 0 radical (unpaired) electrons. The molecule has 2 amide bonds. The van der Waals surface area contributed by atoms with Gasteiger partial charge in [0.1, 0.15) is 11.3 Å². The first-order chi connectivity index (χ1) is 10.5. The van der Waals surface area contributed by atoms with Crippen molar-refractivity contribution < 1.29 is 14.3 Å². The molecule has 6 heteroatoms. The van der Waals surface area contributed by atoms with E-state index < -0.39 is 0 Å². The van der Waals surface area contributed by atoms with E-state index in [1.54, 1.807) is 11.0 Å². The molecule has 0 saturated carbocycles. The fourth-order valence-electron chi connectivity index (χ4n) is 2.30. The summed E-state index contributed by atoms with van der Waals surface area (Å²) in [6.07, 6.45) is 0.838. The molecule has 0 aliphatic heterocycles. The van der Waals surface area contributed by atoms with Crippen LogP contribution in [0.15, 0.2) is 28.7 Å². The summed E-state index contributed by atoms with van der Waals surface area (Å²) in [6.45, 7) is 4.73. The molecule has 2 N–H and O–H groups in total. The molecule has 0 saturated heterocycles. The molecule has 0 bridgehead atoms. The number of hydrogen-bond acceptors (Lipinski definition) is 3. The number of hydrogen-bond donors (Lipinski definition) is 2. The average Bonchev–Trinajstić information content (AvgIpc) is 2.90. The third kappa shape index (κ3) is 3.93. The normalized spacial score (nSPS) is 12.4. The van der Waals surface area contributed by atoms with Gasteiger partial charge >= 0.3 is 6.03 Å². The van der Waals surface area contributed by atoms with Gasteiger partial charge in [-0.3, -0.25) is 0 Å². The zero-order valence-electron chi connectivity index (χ0n) is 12.8. The Labute approximate surface area is 134 Å². The van der Waals surface area contributed by atoms with Crippen LogP contribution in [0.1, 0.15) is 32.1 Å². The van der Waals surface area contributed by atoms with Gasteiger partial charge in [0.05, 0.1) is 12.6 Å². The highest BCUT2D eigenvalue weighted by Crippen LogP contribution is 2.26. The zero-order valence-corrected chi connectivity index (χ0v) is 13.6. The van der Waals surface area contributed by atoms with E-state index in [9.17, 15) is 4.79 Å². The number of rotatable bonds is 6. The van der Waals surface area contributed by atoms with Crippen molar-refractivity contribution in [2.75, 3.05) is 19.7 Å². The number of halogens is 1. The molecule has 0 aliphatic carbocycles. The van der Waals surface area contributed by atoms with Crippen molar-refractivity contribution in [1.29, 1.82) is 0 Å². The van der Waals surface area contributed by atoms with Gasteiger partial charge < -0.3 is 19.7 Å². The summed E-state index contributed by atoms with van der Waals surface area (Å²) in [7, 11) is 0. The molecular formula is C16H21ClN2O3. The van der Waals surface area contributed by atoms with Gasteiger partial charge in [-0.05, 0) is 37.6 Å². The number of nitrogens with one attached hydrogen (secondary N) is 1. The average molecular weight is 325 g/mol. The van der Waals surface area contributed by atoms with Crippen molar-refractivity contribution in [3.63, 3.8) is 0 Å². The molecule has 0 fully saturated rings. The van der Waals surface area contributed by atoms with E-state index in [4.69, 9.17) is 21.1 Å². The maximum atomic E-state index is 12.2. The van der Waals surface area contributed by atoms with Gasteiger partial charge in [-0.25, -0.2) is 4.79 Å². The lowest BCUT2D eigenvalue weighted by molar-refractivity contribution is 0.173. The number of nitrogens with zero attached hydrogens (tertiary/aromatic N) is 1. The van der Waals surface area contributed by atoms with Crippen LogP contribution >= 0.6 is 11.6 Å². The van der Waals surface area contributed by atoms with E-state index in [1.807, 2.05) is 32.0 Å². The molecule has 1 heterocycles. The van der Waals surface area contributed by atoms with Crippen LogP contribution < -0.4 is 5.32 Å². The Morgan fingerprint density at radius 2 is 2.18 bits per heavy atom. The standard InChI is InChI=1S/C16H21ClN2O3/c1-3-6-19(7-8-20)16(21)18-11(2)15-10-12-9-13(17)4-5-14(12)22-15/h4-5,9-11,20H,3,6-8H2,1-2H3,(H,18,21). The third-order valence-electron chi connectivity index (χ3n) is 3.41. The van der Waals surface area contributed by atoms with Crippen molar-refractivity contribution in [2.24, 2.45) is 0 Å². The van der Waals surface area contributed by atoms with Crippen LogP contribution in [0, 0.1) is 0 Å². The molecule has 2 aromatic rings. The zero-order chi connectivity index (χ0) is 16.1. The Morgan fingerprint density at radius 1 is 1.41 bits per heavy atom. The van der Waals surface area contributed by atoms with Crippen LogP contribution in [0.2, 0.25) is 5.02 Å². The highest BCUT2D eigenvalue weighted by atomic mass is 35.5. The highest BCUT2D eigenvalue weighted by molar-refractivity contribution is 6.31. The Balaban J connectivity index is 2.09. The monoisotopic (exact) mass is 324 g/mol. The van der Waals surface area contributed by atoms with E-state index >= 15 is 0 Å². The second-order valence-corrected chi connectivity index (χ2v) is 5.65. The second kappa shape index (κ2) is 7.51. The Hall–Kier alpha value is -1.72. The molecule has 0 spiro atoms. The lowest BCUT2D eigenvalue weighted by Gasteiger charge is -2.23. The molecule has 1 aromatic heterocycles. The van der Waals surface area contributed by atoms with Crippen LogP contribution in [0.5, 0.6) is 0 Å². The quantitative estimate of drug-likeness (QED) is 0.853. The molecule has 1 atom stereocenters. The summed E-state index contributed by atoms with van der Waals surface area (Å²) in [5.41, 5.74) is 0.737. The van der Waals surface area contributed by atoms with Crippen molar-refractivity contribution in [1.82, 2.24) is 10.2 Å². The van der Waals surface area contributed by atoms with Crippen LogP contribution in [0.3, 0.4) is 0 Å². The van der Waals surface area contributed by atoms with Gasteiger partial charge in [-0.2, -0.15) is 0 Å². The minimum Gasteiger partial charge on any atom is -0.459 e. The fourth-order valence-corrected chi connectivity index (χ4v) is 2.48. The molecule has 1 unspecified atom stereocenters. The number of fused-ring (bicyclic) bond motifs is 1. The van der Waals surface area contributed by atoms with Crippen molar-refractivity contribution in [2.45, 2.75) is 26.3 Å². The van der Waals surface area contributed by atoms with Crippen molar-refractivity contribution in [3.8, 4) is 0 Å². The lowest BCUT2D eigenvalue weighted by Crippen LogP contribution is -2.42. The lowest BCUT2D eigenvalue weighted by atomic mass is 10.2. The summed E-state index contributed by atoms with van der Waals surface area (Å²) in [6, 6.07) is 6.81. The van der Waals surface area contributed by atoms with Crippen LogP contribution in [0.4, 0.5) is 4.79 Å². The molecule has 0 aliphatic rings. The number of carbonyl (C=O) groups is 1. The summed E-state index contributed by atoms with van der Waals surface area (Å²) in [5.74, 6) is 0.672. The van der Waals surface area contributed by atoms with Crippen LogP contribution in [-0.2, 0) is 0 Å². The van der Waals surface area contributed by atoms with Crippen molar-refractivity contribution >= 4 is 28.6 Å². The number of aliphatic hydroxyl groups excluding tert-OH is 1. The first-order valence-corrected chi connectivity index (χ1v) is 7.78. The second-order valence-electron chi connectivity index (χ2n) is 5.21. The fraction of sp³-hybridized carbons (Fsp3) is 0.438. The number of aliphatic hydroxyl groups is 1. The molecule has 2 rings (SSSR count). The Kier molecular flexibility index (Phi) is 5.69. The summed E-state index contributed by atoms with van der Waals surface area (Å²) in [4.78, 5) is 13.8. The van der Waals surface area contributed by atoms with Gasteiger partial charge in [-0.15, -0.1) is 0 Å². The molecule has 22 heavy (non-hydrogen) atoms. The third-order valence-corrected chi connectivity index (χ3v) is 3.65. The molecular weight excluding hydrogens is 304 g/mol. The Bertz CT molecular complexity index is 635. The van der Waals surface area contributed by atoms with Gasteiger partial charge in [0.15, 0.2) is 0 Å². The first-order valence-electron chi connectivity index (χ1n) is 7.40. The van der Waals surface area contributed by atoms with Gasteiger partial charge in [0, 0.05) is 23.5 Å². The predicted molar refractivity (Wildman–Crippen MR) is 87.1 cm³/mol. The highest BCUT2D eigenvalue weighted by Gasteiger charge is 2.18. The van der Waals surface area contributed by atoms with E-state index in [1.165, 1.54) is 0 Å². The van der Waals surface area contributed by atoms with Crippen molar-refractivity contribution in [3.05, 3.63) is 35.0 Å². The SMILES string of the molecule is CCCN(CCO)C(=O)NC(C)c1cc2cc(Cl)ccc2o1. The molecule has 5 nitrogen and oxygen atoms in total.